The van der Waals surface area contributed by atoms with Gasteiger partial charge in [0.05, 0.1) is 19.8 Å². The number of nitrogens with zero attached hydrogens (tertiary/aromatic N) is 1. The molecular formula is C15H24N2O4. The Morgan fingerprint density at radius 1 is 1.14 bits per heavy atom. The van der Waals surface area contributed by atoms with Crippen molar-refractivity contribution < 1.29 is 19.0 Å². The number of methoxy groups -OCH3 is 2. The predicted octanol–water partition coefficient (Wildman–Crippen LogP) is 1.40. The monoisotopic (exact) mass is 296 g/mol. The maximum absolute atomic E-state index is 12.6. The van der Waals surface area contributed by atoms with Crippen LogP contribution in [0.4, 0.5) is 5.69 Å². The molecule has 6 nitrogen and oxygen atoms in total. The minimum absolute atomic E-state index is 0.114. The lowest BCUT2D eigenvalue weighted by Crippen LogP contribution is -2.36. The molecule has 118 valence electrons. The van der Waals surface area contributed by atoms with E-state index in [9.17, 15) is 4.79 Å². The molecule has 0 spiro atoms. The van der Waals surface area contributed by atoms with Crippen LogP contribution in [0.15, 0.2) is 18.2 Å². The minimum atomic E-state index is -0.114. The van der Waals surface area contributed by atoms with E-state index >= 15 is 0 Å². The second-order valence-electron chi connectivity index (χ2n) is 4.50. The van der Waals surface area contributed by atoms with Crippen LogP contribution in [0.2, 0.25) is 0 Å². The van der Waals surface area contributed by atoms with Crippen molar-refractivity contribution in [2.75, 3.05) is 52.9 Å². The molecule has 0 saturated carbocycles. The molecule has 0 aliphatic heterocycles. The van der Waals surface area contributed by atoms with Gasteiger partial charge in [0.25, 0.3) is 5.91 Å². The van der Waals surface area contributed by atoms with Gasteiger partial charge in [-0.05, 0) is 19.1 Å². The van der Waals surface area contributed by atoms with Crippen molar-refractivity contribution in [1.29, 1.82) is 0 Å². The fraction of sp³-hybridized carbons (Fsp3) is 0.533. The Morgan fingerprint density at radius 3 is 2.29 bits per heavy atom. The van der Waals surface area contributed by atoms with Crippen molar-refractivity contribution >= 4 is 11.6 Å². The number of carbonyl (C=O) groups excluding carboxylic acids is 1. The Morgan fingerprint density at radius 2 is 1.76 bits per heavy atom. The normalized spacial score (nSPS) is 10.4. The third-order valence-electron chi connectivity index (χ3n) is 2.90. The molecule has 0 aromatic heterocycles. The third kappa shape index (κ3) is 5.61. The molecule has 0 radical (unpaired) electrons. The maximum atomic E-state index is 12.6. The van der Waals surface area contributed by atoms with Crippen LogP contribution in [-0.2, 0) is 9.47 Å². The van der Waals surface area contributed by atoms with E-state index in [1.54, 1.807) is 37.3 Å². The molecule has 1 aromatic carbocycles. The van der Waals surface area contributed by atoms with Crippen molar-refractivity contribution in [2.24, 2.45) is 0 Å². The average Bonchev–Trinajstić information content (AvgIpc) is 2.46. The first-order valence-corrected chi connectivity index (χ1v) is 6.92. The maximum Gasteiger partial charge on any atom is 0.254 e. The summed E-state index contributed by atoms with van der Waals surface area (Å²) in [5.41, 5.74) is 6.84. The number of hydrogen-bond acceptors (Lipinski definition) is 5. The smallest absolute Gasteiger partial charge is 0.254 e. The van der Waals surface area contributed by atoms with E-state index in [2.05, 4.69) is 0 Å². The Labute approximate surface area is 125 Å². The zero-order chi connectivity index (χ0) is 15.7. The summed E-state index contributed by atoms with van der Waals surface area (Å²) >= 11 is 0. The summed E-state index contributed by atoms with van der Waals surface area (Å²) in [6.45, 7) is 4.34. The largest absolute Gasteiger partial charge is 0.494 e. The summed E-state index contributed by atoms with van der Waals surface area (Å²) in [4.78, 5) is 14.2. The van der Waals surface area contributed by atoms with Gasteiger partial charge >= 0.3 is 0 Å². The number of amides is 1. The molecule has 0 unspecified atom stereocenters. The topological polar surface area (TPSA) is 74.0 Å². The van der Waals surface area contributed by atoms with E-state index in [1.807, 2.05) is 6.92 Å². The standard InChI is InChI=1S/C15H24N2O4/c1-4-21-14-10-12(9-13(16)11-14)15(18)17(5-7-19-2)6-8-20-3/h9-11H,4-8,16H2,1-3H3. The van der Waals surface area contributed by atoms with Crippen molar-refractivity contribution in [2.45, 2.75) is 6.92 Å². The van der Waals surface area contributed by atoms with Crippen LogP contribution >= 0.6 is 0 Å². The number of ether oxygens (including phenoxy) is 3. The van der Waals surface area contributed by atoms with Crippen LogP contribution < -0.4 is 10.5 Å². The van der Waals surface area contributed by atoms with Gasteiger partial charge in [0.15, 0.2) is 0 Å². The fourth-order valence-corrected chi connectivity index (χ4v) is 1.90. The van der Waals surface area contributed by atoms with Gasteiger partial charge in [-0.3, -0.25) is 4.79 Å². The van der Waals surface area contributed by atoms with Crippen molar-refractivity contribution in [1.82, 2.24) is 4.90 Å². The van der Waals surface area contributed by atoms with Crippen LogP contribution in [0.1, 0.15) is 17.3 Å². The molecule has 0 fully saturated rings. The van der Waals surface area contributed by atoms with E-state index in [0.29, 0.717) is 49.9 Å². The van der Waals surface area contributed by atoms with E-state index < -0.39 is 0 Å². The number of hydrogen-bond donors (Lipinski definition) is 1. The Balaban J connectivity index is 2.90. The molecule has 1 amide bonds. The van der Waals surface area contributed by atoms with Crippen molar-refractivity contribution in [3.63, 3.8) is 0 Å². The summed E-state index contributed by atoms with van der Waals surface area (Å²) in [6, 6.07) is 5.06. The molecule has 0 aliphatic carbocycles. The van der Waals surface area contributed by atoms with Crippen molar-refractivity contribution in [3.8, 4) is 5.75 Å². The minimum Gasteiger partial charge on any atom is -0.494 e. The lowest BCUT2D eigenvalue weighted by atomic mass is 10.1. The van der Waals surface area contributed by atoms with E-state index in [-0.39, 0.29) is 5.91 Å². The van der Waals surface area contributed by atoms with Gasteiger partial charge in [0.2, 0.25) is 0 Å². The molecular weight excluding hydrogens is 272 g/mol. The molecule has 6 heteroatoms. The molecule has 1 aromatic rings. The summed E-state index contributed by atoms with van der Waals surface area (Å²) in [6.07, 6.45) is 0. The van der Waals surface area contributed by atoms with Crippen LogP contribution in [0.3, 0.4) is 0 Å². The highest BCUT2D eigenvalue weighted by Gasteiger charge is 2.16. The summed E-state index contributed by atoms with van der Waals surface area (Å²) < 4.78 is 15.5. The van der Waals surface area contributed by atoms with Crippen LogP contribution in [0, 0.1) is 0 Å². The summed E-state index contributed by atoms with van der Waals surface area (Å²) in [7, 11) is 3.21. The molecule has 2 N–H and O–H groups in total. The van der Waals surface area contributed by atoms with Gasteiger partial charge in [0.1, 0.15) is 5.75 Å². The molecule has 0 atom stereocenters. The van der Waals surface area contributed by atoms with Gasteiger partial charge in [0, 0.05) is 44.6 Å². The number of benzene rings is 1. The van der Waals surface area contributed by atoms with E-state index in [0.717, 1.165) is 0 Å². The van der Waals surface area contributed by atoms with Gasteiger partial charge in [-0.2, -0.15) is 0 Å². The Bertz CT molecular complexity index is 443. The highest BCUT2D eigenvalue weighted by molar-refractivity contribution is 5.95. The molecule has 0 heterocycles. The second kappa shape index (κ2) is 9.20. The van der Waals surface area contributed by atoms with Gasteiger partial charge < -0.3 is 24.8 Å². The zero-order valence-corrected chi connectivity index (χ0v) is 12.9. The summed E-state index contributed by atoms with van der Waals surface area (Å²) in [5.74, 6) is 0.483. The van der Waals surface area contributed by atoms with Gasteiger partial charge in [-0.25, -0.2) is 0 Å². The fourth-order valence-electron chi connectivity index (χ4n) is 1.90. The van der Waals surface area contributed by atoms with Gasteiger partial charge in [-0.1, -0.05) is 0 Å². The average molecular weight is 296 g/mol. The third-order valence-corrected chi connectivity index (χ3v) is 2.90. The first kappa shape index (κ1) is 17.3. The van der Waals surface area contributed by atoms with Gasteiger partial charge in [-0.15, -0.1) is 0 Å². The predicted molar refractivity (Wildman–Crippen MR) is 81.7 cm³/mol. The highest BCUT2D eigenvalue weighted by atomic mass is 16.5. The SMILES string of the molecule is CCOc1cc(N)cc(C(=O)N(CCOC)CCOC)c1. The summed E-state index contributed by atoms with van der Waals surface area (Å²) in [5, 5.41) is 0. The Kier molecular flexibility index (Phi) is 7.56. The first-order chi connectivity index (χ1) is 10.1. The highest BCUT2D eigenvalue weighted by Crippen LogP contribution is 2.20. The number of nitrogen functional groups attached to an aromatic ring is 1. The lowest BCUT2D eigenvalue weighted by molar-refractivity contribution is 0.0627. The number of anilines is 1. The molecule has 0 bridgehead atoms. The molecule has 1 rings (SSSR count). The second-order valence-corrected chi connectivity index (χ2v) is 4.50. The van der Waals surface area contributed by atoms with Crippen LogP contribution in [0.25, 0.3) is 0 Å². The van der Waals surface area contributed by atoms with Crippen LogP contribution in [0.5, 0.6) is 5.75 Å². The number of rotatable bonds is 9. The van der Waals surface area contributed by atoms with Crippen LogP contribution in [-0.4, -0.2) is 57.9 Å². The first-order valence-electron chi connectivity index (χ1n) is 6.92. The number of nitrogens with two attached hydrogens (primary N) is 1. The lowest BCUT2D eigenvalue weighted by Gasteiger charge is -2.22. The quantitative estimate of drug-likeness (QED) is 0.697. The Hall–Kier alpha value is -1.79. The molecule has 21 heavy (non-hydrogen) atoms. The zero-order valence-electron chi connectivity index (χ0n) is 12.9. The van der Waals surface area contributed by atoms with E-state index in [4.69, 9.17) is 19.9 Å². The van der Waals surface area contributed by atoms with Crippen molar-refractivity contribution in [3.05, 3.63) is 23.8 Å². The van der Waals surface area contributed by atoms with E-state index in [1.165, 1.54) is 0 Å². The molecule has 0 aliphatic rings. The molecule has 0 saturated heterocycles. The number of carbonyl (C=O) groups is 1.